The van der Waals surface area contributed by atoms with E-state index in [0.717, 1.165) is 12.8 Å². The Kier molecular flexibility index (Phi) is 4.14. The Labute approximate surface area is 88.1 Å². The molecule has 0 spiro atoms. The van der Waals surface area contributed by atoms with Gasteiger partial charge in [-0.05, 0) is 18.4 Å². The predicted molar refractivity (Wildman–Crippen MR) is 53.2 cm³/mol. The maximum absolute atomic E-state index is 11.4. The number of carbonyl (C=O) groups excluding carboxylic acids is 2. The topological polar surface area (TPSA) is 43.4 Å². The Morgan fingerprint density at radius 3 is 3.00 bits per heavy atom. The van der Waals surface area contributed by atoms with E-state index in [1.807, 2.05) is 6.08 Å². The second kappa shape index (κ2) is 5.15. The fourth-order valence-corrected chi connectivity index (χ4v) is 1.67. The van der Waals surface area contributed by atoms with Gasteiger partial charge in [0.25, 0.3) is 0 Å². The highest BCUT2D eigenvalue weighted by molar-refractivity contribution is 6.30. The van der Waals surface area contributed by atoms with Gasteiger partial charge < -0.3 is 4.74 Å². The number of methoxy groups -OCH3 is 1. The molecule has 0 amide bonds. The summed E-state index contributed by atoms with van der Waals surface area (Å²) in [5, 5.41) is -0.742. The fourth-order valence-electron chi connectivity index (χ4n) is 1.41. The smallest absolute Gasteiger partial charge is 0.324 e. The third kappa shape index (κ3) is 2.84. The molecule has 1 aliphatic rings. The highest BCUT2D eigenvalue weighted by Crippen LogP contribution is 2.20. The molecule has 0 bridgehead atoms. The van der Waals surface area contributed by atoms with Gasteiger partial charge in [-0.3, -0.25) is 9.59 Å². The zero-order chi connectivity index (χ0) is 10.6. The van der Waals surface area contributed by atoms with Crippen LogP contribution in [-0.4, -0.2) is 24.2 Å². The molecule has 0 saturated heterocycles. The molecule has 1 aliphatic carbocycles. The molecular formula is C10H13ClO3. The summed E-state index contributed by atoms with van der Waals surface area (Å²) in [5.41, 5.74) is 0.668. The van der Waals surface area contributed by atoms with E-state index in [9.17, 15) is 9.59 Å². The number of ketones is 1. The zero-order valence-electron chi connectivity index (χ0n) is 8.09. The van der Waals surface area contributed by atoms with E-state index in [-0.39, 0.29) is 12.2 Å². The van der Waals surface area contributed by atoms with Crippen LogP contribution in [0.1, 0.15) is 25.7 Å². The highest BCUT2D eigenvalue weighted by Gasteiger charge is 2.22. The van der Waals surface area contributed by atoms with Crippen LogP contribution < -0.4 is 0 Å². The molecule has 0 unspecified atom stereocenters. The van der Waals surface area contributed by atoms with E-state index in [0.29, 0.717) is 12.0 Å². The number of allylic oxidation sites excluding steroid dienone is 2. The molecule has 0 saturated carbocycles. The van der Waals surface area contributed by atoms with Crippen molar-refractivity contribution in [3.05, 3.63) is 11.6 Å². The van der Waals surface area contributed by atoms with E-state index < -0.39 is 11.3 Å². The normalized spacial score (nSPS) is 18.7. The van der Waals surface area contributed by atoms with Gasteiger partial charge in [0.2, 0.25) is 0 Å². The van der Waals surface area contributed by atoms with Crippen molar-refractivity contribution in [1.82, 2.24) is 0 Å². The maximum atomic E-state index is 11.4. The van der Waals surface area contributed by atoms with Gasteiger partial charge in [0, 0.05) is 12.8 Å². The number of Topliss-reactive ketones (excluding diaryl/α,β-unsaturated/α-hetero) is 1. The lowest BCUT2D eigenvalue weighted by atomic mass is 9.95. The quantitative estimate of drug-likeness (QED) is 0.534. The monoisotopic (exact) mass is 216 g/mol. The van der Waals surface area contributed by atoms with Crippen molar-refractivity contribution in [2.24, 2.45) is 0 Å². The van der Waals surface area contributed by atoms with Crippen LogP contribution in [0.5, 0.6) is 0 Å². The van der Waals surface area contributed by atoms with Crippen molar-refractivity contribution in [1.29, 1.82) is 0 Å². The minimum atomic E-state index is -0.742. The average molecular weight is 217 g/mol. The van der Waals surface area contributed by atoms with Crippen LogP contribution in [0.15, 0.2) is 11.6 Å². The SMILES string of the molecule is COC(=O)[C@@H](Cl)CC1=CCCCC1=O. The molecule has 78 valence electrons. The Bertz CT molecular complexity index is 271. The molecule has 0 aliphatic heterocycles. The molecule has 14 heavy (non-hydrogen) atoms. The zero-order valence-corrected chi connectivity index (χ0v) is 8.84. The molecule has 0 aromatic rings. The van der Waals surface area contributed by atoms with Crippen molar-refractivity contribution in [2.45, 2.75) is 31.1 Å². The fraction of sp³-hybridized carbons (Fsp3) is 0.600. The summed E-state index contributed by atoms with van der Waals surface area (Å²) in [5.74, 6) is -0.378. The molecule has 1 rings (SSSR count). The second-order valence-corrected chi connectivity index (χ2v) is 3.77. The summed E-state index contributed by atoms with van der Waals surface area (Å²) in [7, 11) is 1.29. The molecule has 0 radical (unpaired) electrons. The third-order valence-electron chi connectivity index (χ3n) is 2.21. The van der Waals surface area contributed by atoms with Gasteiger partial charge in [0.05, 0.1) is 7.11 Å². The molecule has 0 aromatic heterocycles. The molecule has 0 fully saturated rings. The first-order chi connectivity index (χ1) is 6.65. The molecule has 1 atom stereocenters. The van der Waals surface area contributed by atoms with Crippen LogP contribution in [0, 0.1) is 0 Å². The van der Waals surface area contributed by atoms with Gasteiger partial charge in [-0.15, -0.1) is 11.6 Å². The van der Waals surface area contributed by atoms with E-state index in [1.54, 1.807) is 0 Å². The number of carbonyl (C=O) groups is 2. The first kappa shape index (κ1) is 11.2. The van der Waals surface area contributed by atoms with Crippen LogP contribution in [0.2, 0.25) is 0 Å². The molecule has 4 heteroatoms. The molecule has 0 aromatic carbocycles. The Balaban J connectivity index is 2.54. The summed E-state index contributed by atoms with van der Waals surface area (Å²) >= 11 is 5.76. The van der Waals surface area contributed by atoms with E-state index in [4.69, 9.17) is 11.6 Å². The summed E-state index contributed by atoms with van der Waals surface area (Å²) in [6.45, 7) is 0. The number of halogens is 1. The van der Waals surface area contributed by atoms with Crippen LogP contribution in [0.3, 0.4) is 0 Å². The van der Waals surface area contributed by atoms with E-state index in [1.165, 1.54) is 7.11 Å². The molecule has 3 nitrogen and oxygen atoms in total. The largest absolute Gasteiger partial charge is 0.468 e. The summed E-state index contributed by atoms with van der Waals surface area (Å²) in [6, 6.07) is 0. The van der Waals surface area contributed by atoms with Crippen molar-refractivity contribution < 1.29 is 14.3 Å². The second-order valence-electron chi connectivity index (χ2n) is 3.24. The lowest BCUT2D eigenvalue weighted by Gasteiger charge is -2.13. The van der Waals surface area contributed by atoms with Gasteiger partial charge in [0.15, 0.2) is 5.78 Å². The van der Waals surface area contributed by atoms with Crippen molar-refractivity contribution >= 4 is 23.4 Å². The van der Waals surface area contributed by atoms with E-state index >= 15 is 0 Å². The lowest BCUT2D eigenvalue weighted by Crippen LogP contribution is -2.20. The third-order valence-corrected chi connectivity index (χ3v) is 2.55. The Hall–Kier alpha value is -0.830. The summed E-state index contributed by atoms with van der Waals surface area (Å²) in [6.07, 6.45) is 4.51. The molecule has 0 N–H and O–H groups in total. The summed E-state index contributed by atoms with van der Waals surface area (Å²) in [4.78, 5) is 22.4. The molecular weight excluding hydrogens is 204 g/mol. The number of hydrogen-bond acceptors (Lipinski definition) is 3. The van der Waals surface area contributed by atoms with Crippen LogP contribution in [0.4, 0.5) is 0 Å². The van der Waals surface area contributed by atoms with Crippen LogP contribution in [-0.2, 0) is 14.3 Å². The van der Waals surface area contributed by atoms with Crippen molar-refractivity contribution in [3.63, 3.8) is 0 Å². The van der Waals surface area contributed by atoms with Crippen molar-refractivity contribution in [3.8, 4) is 0 Å². The highest BCUT2D eigenvalue weighted by atomic mass is 35.5. The van der Waals surface area contributed by atoms with Crippen molar-refractivity contribution in [2.75, 3.05) is 7.11 Å². The Morgan fingerprint density at radius 2 is 2.43 bits per heavy atom. The first-order valence-corrected chi connectivity index (χ1v) is 5.03. The predicted octanol–water partition coefficient (Wildman–Crippen LogP) is 1.84. The minimum Gasteiger partial charge on any atom is -0.468 e. The van der Waals surface area contributed by atoms with Gasteiger partial charge >= 0.3 is 5.97 Å². The molecule has 0 heterocycles. The minimum absolute atomic E-state index is 0.103. The number of alkyl halides is 1. The number of hydrogen-bond donors (Lipinski definition) is 0. The van der Waals surface area contributed by atoms with Gasteiger partial charge in [-0.25, -0.2) is 0 Å². The first-order valence-electron chi connectivity index (χ1n) is 4.59. The van der Waals surface area contributed by atoms with Crippen LogP contribution >= 0.6 is 11.6 Å². The number of esters is 1. The Morgan fingerprint density at radius 1 is 1.71 bits per heavy atom. The van der Waals surface area contributed by atoms with Gasteiger partial charge in [0.1, 0.15) is 5.38 Å². The average Bonchev–Trinajstić information content (AvgIpc) is 2.20. The van der Waals surface area contributed by atoms with Gasteiger partial charge in [-0.2, -0.15) is 0 Å². The van der Waals surface area contributed by atoms with Gasteiger partial charge in [-0.1, -0.05) is 6.08 Å². The number of ether oxygens (including phenoxy) is 1. The lowest BCUT2D eigenvalue weighted by molar-refractivity contribution is -0.140. The summed E-state index contributed by atoms with van der Waals surface area (Å²) < 4.78 is 4.48. The standard InChI is InChI=1S/C10H13ClO3/c1-14-10(13)8(11)6-7-4-2-3-5-9(7)12/h4,8H,2-3,5-6H2,1H3/t8-/m0/s1. The maximum Gasteiger partial charge on any atom is 0.324 e. The van der Waals surface area contributed by atoms with E-state index in [2.05, 4.69) is 4.74 Å². The van der Waals surface area contributed by atoms with Crippen LogP contribution in [0.25, 0.3) is 0 Å². The number of rotatable bonds is 3.